The molecule has 4 N–H and O–H groups in total. The number of rotatable bonds is 10. The van der Waals surface area contributed by atoms with Gasteiger partial charge in [-0.3, -0.25) is 14.2 Å². The summed E-state index contributed by atoms with van der Waals surface area (Å²) >= 11 is 0. The van der Waals surface area contributed by atoms with Crippen molar-refractivity contribution in [3.05, 3.63) is 81.0 Å². The molecular weight excluding hydrogens is 424 g/mol. The van der Waals surface area contributed by atoms with E-state index in [0.717, 1.165) is 10.1 Å². The molecule has 1 amide bonds. The van der Waals surface area contributed by atoms with Gasteiger partial charge in [-0.2, -0.15) is 0 Å². The van der Waals surface area contributed by atoms with Crippen molar-refractivity contribution in [1.29, 1.82) is 0 Å². The average molecular weight is 453 g/mol. The van der Waals surface area contributed by atoms with Gasteiger partial charge in [0.25, 0.3) is 5.56 Å². The van der Waals surface area contributed by atoms with E-state index >= 15 is 0 Å². The Labute approximate surface area is 190 Å². The summed E-state index contributed by atoms with van der Waals surface area (Å²) in [5.74, 6) is -2.14. The minimum atomic E-state index is -1.41. The second-order valence-corrected chi connectivity index (χ2v) is 7.97. The van der Waals surface area contributed by atoms with Crippen molar-refractivity contribution in [3.8, 4) is 0 Å². The van der Waals surface area contributed by atoms with Gasteiger partial charge in [-0.05, 0) is 37.0 Å². The van der Waals surface area contributed by atoms with Crippen molar-refractivity contribution in [2.45, 2.75) is 37.8 Å². The summed E-state index contributed by atoms with van der Waals surface area (Å²) in [5.41, 5.74) is 3.64. The Kier molecular flexibility index (Phi) is 7.78. The number of carbonyl (C=O) groups excluding carboxylic acids is 2. The highest BCUT2D eigenvalue weighted by molar-refractivity contribution is 5.86. The second kappa shape index (κ2) is 10.7. The molecule has 1 aromatic heterocycles. The van der Waals surface area contributed by atoms with Crippen LogP contribution < -0.4 is 27.4 Å². The zero-order valence-electron chi connectivity index (χ0n) is 18.5. The molecule has 1 heterocycles. The third-order valence-corrected chi connectivity index (χ3v) is 5.69. The predicted molar refractivity (Wildman–Crippen MR) is 121 cm³/mol. The van der Waals surface area contributed by atoms with Gasteiger partial charge < -0.3 is 21.0 Å². The summed E-state index contributed by atoms with van der Waals surface area (Å²) in [4.78, 5) is 51.4. The van der Waals surface area contributed by atoms with E-state index in [9.17, 15) is 24.3 Å². The lowest BCUT2D eigenvalue weighted by Crippen LogP contribution is -2.53. The number of aromatic nitrogens is 2. The molecule has 0 spiro atoms. The van der Waals surface area contributed by atoms with E-state index in [2.05, 4.69) is 11.1 Å². The zero-order chi connectivity index (χ0) is 24.0. The fourth-order valence-electron chi connectivity index (χ4n) is 3.88. The number of hydrogen-bond acceptors (Lipinski definition) is 5. The van der Waals surface area contributed by atoms with E-state index in [1.165, 1.54) is 11.6 Å². The van der Waals surface area contributed by atoms with Crippen molar-refractivity contribution < 1.29 is 20.4 Å². The first-order valence-electron chi connectivity index (χ1n) is 10.9. The molecule has 2 atom stereocenters. The molecule has 0 saturated heterocycles. The molecule has 0 aliphatic carbocycles. The van der Waals surface area contributed by atoms with Crippen LogP contribution in [0.2, 0.25) is 0 Å². The minimum Gasteiger partial charge on any atom is -0.548 e. The number of quaternary nitrogens is 1. The molecule has 3 aromatic rings. The second-order valence-electron chi connectivity index (χ2n) is 7.97. The number of para-hydroxylation sites is 1. The van der Waals surface area contributed by atoms with Crippen LogP contribution in [0.4, 0.5) is 0 Å². The smallest absolute Gasteiger partial charge is 0.331 e. The summed E-state index contributed by atoms with van der Waals surface area (Å²) in [6.07, 6.45) is 1.46. The number of amides is 1. The van der Waals surface area contributed by atoms with Gasteiger partial charge in [0.1, 0.15) is 6.04 Å². The number of aliphatic carboxylic acids is 1. The topological polar surface area (TPSA) is 141 Å². The van der Waals surface area contributed by atoms with Crippen LogP contribution in [0.5, 0.6) is 0 Å². The van der Waals surface area contributed by atoms with Gasteiger partial charge in [0.05, 0.1) is 29.5 Å². The van der Waals surface area contributed by atoms with Crippen molar-refractivity contribution >= 4 is 22.8 Å². The highest BCUT2D eigenvalue weighted by atomic mass is 16.4. The van der Waals surface area contributed by atoms with Crippen LogP contribution in [0.1, 0.15) is 30.9 Å². The zero-order valence-corrected chi connectivity index (χ0v) is 18.5. The Bertz CT molecular complexity index is 1250. The Balaban J connectivity index is 2.07. The normalized spacial score (nSPS) is 12.9. The van der Waals surface area contributed by atoms with E-state index in [1.807, 2.05) is 6.07 Å². The molecule has 9 heteroatoms. The van der Waals surface area contributed by atoms with Crippen LogP contribution in [0.3, 0.4) is 0 Å². The van der Waals surface area contributed by atoms with Crippen molar-refractivity contribution in [1.82, 2.24) is 14.5 Å². The Morgan fingerprint density at radius 3 is 2.36 bits per heavy atom. The van der Waals surface area contributed by atoms with E-state index in [1.54, 1.807) is 48.5 Å². The largest absolute Gasteiger partial charge is 0.548 e. The summed E-state index contributed by atoms with van der Waals surface area (Å²) in [5, 5.41) is 14.4. The highest BCUT2D eigenvalue weighted by Gasteiger charge is 2.28. The van der Waals surface area contributed by atoms with Gasteiger partial charge in [-0.25, -0.2) is 9.36 Å². The maximum atomic E-state index is 13.3. The molecule has 174 valence electrons. The molecule has 0 radical (unpaired) electrons. The first-order chi connectivity index (χ1) is 15.8. The van der Waals surface area contributed by atoms with Gasteiger partial charge in [0.15, 0.2) is 0 Å². The molecule has 9 nitrogen and oxygen atoms in total. The molecular formula is C24H28N4O5. The van der Waals surface area contributed by atoms with E-state index in [4.69, 9.17) is 0 Å². The van der Waals surface area contributed by atoms with Crippen LogP contribution in [-0.2, 0) is 23.1 Å². The SMILES string of the molecule is Cn1c(=O)n([C@@H](Cc2ccccc2)C(=O)N[C@@H](CCCC[NH3+])C(=O)[O-])c(=O)c2ccccc21. The van der Waals surface area contributed by atoms with Gasteiger partial charge >= 0.3 is 5.69 Å². The fraction of sp³-hybridized carbons (Fsp3) is 0.333. The number of benzene rings is 2. The lowest BCUT2D eigenvalue weighted by molar-refractivity contribution is -0.368. The first-order valence-corrected chi connectivity index (χ1v) is 10.9. The van der Waals surface area contributed by atoms with E-state index < -0.39 is 35.2 Å². The number of hydrogen-bond donors (Lipinski definition) is 2. The molecule has 3 rings (SSSR count). The van der Waals surface area contributed by atoms with Crippen LogP contribution in [0.15, 0.2) is 64.2 Å². The number of unbranched alkanes of at least 4 members (excludes halogenated alkanes) is 1. The molecule has 0 unspecified atom stereocenters. The number of carboxylic acids is 1. The van der Waals surface area contributed by atoms with E-state index in [-0.39, 0.29) is 18.2 Å². The third-order valence-electron chi connectivity index (χ3n) is 5.69. The Morgan fingerprint density at radius 2 is 1.70 bits per heavy atom. The number of carboxylic acid groups (broad SMARTS) is 1. The fourth-order valence-corrected chi connectivity index (χ4v) is 3.88. The van der Waals surface area contributed by atoms with Gasteiger partial charge in [-0.15, -0.1) is 0 Å². The van der Waals surface area contributed by atoms with Crippen LogP contribution in [0.25, 0.3) is 10.9 Å². The lowest BCUT2D eigenvalue weighted by Gasteiger charge is -2.25. The molecule has 0 fully saturated rings. The monoisotopic (exact) mass is 452 g/mol. The first kappa shape index (κ1) is 23.9. The van der Waals surface area contributed by atoms with Crippen molar-refractivity contribution in [2.24, 2.45) is 7.05 Å². The van der Waals surface area contributed by atoms with Crippen LogP contribution in [0, 0.1) is 0 Å². The van der Waals surface area contributed by atoms with Crippen LogP contribution in [-0.4, -0.2) is 33.6 Å². The average Bonchev–Trinajstić information content (AvgIpc) is 2.82. The molecule has 0 bridgehead atoms. The van der Waals surface area contributed by atoms with Gasteiger partial charge in [-0.1, -0.05) is 42.5 Å². The predicted octanol–water partition coefficient (Wildman–Crippen LogP) is -0.869. The Hall–Kier alpha value is -3.72. The Morgan fingerprint density at radius 1 is 1.03 bits per heavy atom. The number of carbonyl (C=O) groups is 2. The molecule has 2 aromatic carbocycles. The lowest BCUT2D eigenvalue weighted by atomic mass is 10.0. The summed E-state index contributed by atoms with van der Waals surface area (Å²) < 4.78 is 2.22. The van der Waals surface area contributed by atoms with Crippen LogP contribution >= 0.6 is 0 Å². The van der Waals surface area contributed by atoms with Crippen molar-refractivity contribution in [2.75, 3.05) is 6.54 Å². The van der Waals surface area contributed by atoms with Gasteiger partial charge in [0, 0.05) is 13.5 Å². The van der Waals surface area contributed by atoms with E-state index in [0.29, 0.717) is 24.9 Å². The molecule has 0 aliphatic rings. The summed E-state index contributed by atoms with van der Waals surface area (Å²) in [7, 11) is 1.53. The minimum absolute atomic E-state index is 0.0405. The summed E-state index contributed by atoms with van der Waals surface area (Å²) in [6.45, 7) is 0.646. The standard InChI is InChI=1S/C24H28N4O5/c1-27-19-13-6-5-11-17(19)22(30)28(24(27)33)20(15-16-9-3-2-4-10-16)21(29)26-18(23(31)32)12-7-8-14-25/h2-6,9-11,13,18,20H,7-8,12,14-15,25H2,1H3,(H,26,29)(H,31,32)/t18-,20-/m0/s1. The summed E-state index contributed by atoms with van der Waals surface area (Å²) in [6, 6.07) is 13.1. The molecule has 0 saturated carbocycles. The quantitative estimate of drug-likeness (QED) is 0.385. The highest BCUT2D eigenvalue weighted by Crippen LogP contribution is 2.15. The number of nitrogens with zero attached hydrogens (tertiary/aromatic N) is 2. The number of aryl methyl sites for hydroxylation is 1. The maximum Gasteiger partial charge on any atom is 0.331 e. The number of nitrogens with one attached hydrogen (secondary N) is 1. The van der Waals surface area contributed by atoms with Crippen molar-refractivity contribution in [3.63, 3.8) is 0 Å². The molecule has 0 aliphatic heterocycles. The number of fused-ring (bicyclic) bond motifs is 1. The molecule has 33 heavy (non-hydrogen) atoms. The third kappa shape index (κ3) is 5.38. The van der Waals surface area contributed by atoms with Gasteiger partial charge in [0.2, 0.25) is 5.91 Å². The maximum absolute atomic E-state index is 13.3.